The minimum Gasteiger partial charge on any atom is -0.375 e. The van der Waals surface area contributed by atoms with Crippen LogP contribution in [-0.4, -0.2) is 52.4 Å². The van der Waals surface area contributed by atoms with E-state index < -0.39 is 0 Å². The Hall–Kier alpha value is -2.71. The summed E-state index contributed by atoms with van der Waals surface area (Å²) in [6, 6.07) is 9.65. The van der Waals surface area contributed by atoms with Crippen molar-refractivity contribution >= 4 is 32.6 Å². The quantitative estimate of drug-likeness (QED) is 0.699. The number of thiazole rings is 1. The summed E-state index contributed by atoms with van der Waals surface area (Å²) < 4.78 is 2.80. The Morgan fingerprint density at radius 2 is 2.07 bits per heavy atom. The number of nitrogens with zero attached hydrogens (tertiary/aromatic N) is 4. The Morgan fingerprint density at radius 1 is 1.23 bits per heavy atom. The van der Waals surface area contributed by atoms with Crippen LogP contribution in [0.25, 0.3) is 10.2 Å². The Kier molecular flexibility index (Phi) is 4.63. The average molecular weight is 424 g/mol. The number of amides is 1. The molecule has 1 aromatic carbocycles. The monoisotopic (exact) mass is 423 g/mol. The zero-order chi connectivity index (χ0) is 21.0. The third kappa shape index (κ3) is 3.20. The molecule has 0 spiro atoms. The van der Waals surface area contributed by atoms with Crippen LogP contribution in [0.5, 0.6) is 0 Å². The SMILES string of the molecule is CN(C)Cc1ccc2n(c1=O)C[C@H]1C[C@@H]2CN(C(=O)c2cccc3nc(N)sc23)C1. The van der Waals surface area contributed by atoms with Crippen molar-refractivity contribution in [1.29, 1.82) is 0 Å². The molecule has 3 aromatic rings. The molecule has 4 heterocycles. The van der Waals surface area contributed by atoms with Gasteiger partial charge in [-0.25, -0.2) is 4.98 Å². The molecule has 0 unspecified atom stereocenters. The molecule has 1 amide bonds. The Bertz CT molecular complexity index is 1200. The highest BCUT2D eigenvalue weighted by Gasteiger charge is 2.37. The van der Waals surface area contributed by atoms with Crippen LogP contribution >= 0.6 is 11.3 Å². The van der Waals surface area contributed by atoms with Crippen LogP contribution in [0.4, 0.5) is 5.13 Å². The molecule has 2 atom stereocenters. The van der Waals surface area contributed by atoms with Gasteiger partial charge < -0.3 is 20.1 Å². The van der Waals surface area contributed by atoms with Gasteiger partial charge in [-0.1, -0.05) is 23.5 Å². The zero-order valence-electron chi connectivity index (χ0n) is 17.2. The number of rotatable bonds is 3. The lowest BCUT2D eigenvalue weighted by Gasteiger charge is -2.43. The smallest absolute Gasteiger partial charge is 0.255 e. The van der Waals surface area contributed by atoms with Crippen LogP contribution in [-0.2, 0) is 13.1 Å². The second-order valence-corrected chi connectivity index (χ2v) is 9.68. The fraction of sp³-hybridized carbons (Fsp3) is 0.409. The van der Waals surface area contributed by atoms with E-state index in [1.54, 1.807) is 0 Å². The fourth-order valence-electron chi connectivity index (χ4n) is 4.92. The van der Waals surface area contributed by atoms with E-state index in [-0.39, 0.29) is 17.4 Å². The van der Waals surface area contributed by atoms with E-state index in [1.165, 1.54) is 11.3 Å². The van der Waals surface area contributed by atoms with Gasteiger partial charge in [-0.3, -0.25) is 9.59 Å². The molecule has 0 saturated carbocycles. The zero-order valence-corrected chi connectivity index (χ0v) is 18.0. The first-order valence-corrected chi connectivity index (χ1v) is 11.0. The standard InChI is InChI=1S/C22H25N5O2S/c1-25(2)11-14-6-7-18-15-8-13(10-27(18)20(14)28)9-26(12-15)21(29)16-4-3-5-17-19(16)30-22(23)24-17/h3-7,13,15H,8-12H2,1-2H3,(H2,23,24)/t13-,15+/m0/s1. The molecule has 1 saturated heterocycles. The molecule has 2 aromatic heterocycles. The number of nitrogen functional groups attached to an aromatic ring is 1. The van der Waals surface area contributed by atoms with E-state index in [9.17, 15) is 9.59 Å². The molecule has 0 radical (unpaired) electrons. The largest absolute Gasteiger partial charge is 0.375 e. The van der Waals surface area contributed by atoms with Crippen LogP contribution in [0.15, 0.2) is 35.1 Å². The minimum absolute atomic E-state index is 0.0268. The highest BCUT2D eigenvalue weighted by Crippen LogP contribution is 2.36. The van der Waals surface area contributed by atoms with Gasteiger partial charge in [0.15, 0.2) is 5.13 Å². The number of piperidine rings is 1. The van der Waals surface area contributed by atoms with Crippen LogP contribution < -0.4 is 11.3 Å². The summed E-state index contributed by atoms with van der Waals surface area (Å²) in [4.78, 5) is 34.7. The van der Waals surface area contributed by atoms with Gasteiger partial charge in [0, 0.05) is 43.4 Å². The second-order valence-electron chi connectivity index (χ2n) is 8.65. The lowest BCUT2D eigenvalue weighted by atomic mass is 9.82. The van der Waals surface area contributed by atoms with Gasteiger partial charge >= 0.3 is 0 Å². The number of pyridine rings is 1. The van der Waals surface area contributed by atoms with Crippen LogP contribution in [0.3, 0.4) is 0 Å². The first kappa shape index (κ1) is 19.3. The van der Waals surface area contributed by atoms with Crippen molar-refractivity contribution in [2.75, 3.05) is 32.9 Å². The Labute approximate surface area is 178 Å². The minimum atomic E-state index is 0.0268. The molecule has 5 rings (SSSR count). The van der Waals surface area contributed by atoms with Crippen molar-refractivity contribution in [1.82, 2.24) is 19.4 Å². The van der Waals surface area contributed by atoms with Gasteiger partial charge in [-0.15, -0.1) is 0 Å². The van der Waals surface area contributed by atoms with E-state index in [2.05, 4.69) is 11.1 Å². The molecular weight excluding hydrogens is 398 g/mol. The van der Waals surface area contributed by atoms with Gasteiger partial charge in [0.05, 0.1) is 15.8 Å². The third-order valence-corrected chi connectivity index (χ3v) is 7.05. The number of nitrogens with two attached hydrogens (primary N) is 1. The number of aromatic nitrogens is 2. The maximum atomic E-state index is 13.4. The molecule has 156 valence electrons. The fourth-order valence-corrected chi connectivity index (χ4v) is 5.76. The van der Waals surface area contributed by atoms with E-state index in [4.69, 9.17) is 5.73 Å². The molecule has 2 N–H and O–H groups in total. The number of likely N-dealkylation sites (tertiary alicyclic amines) is 1. The van der Waals surface area contributed by atoms with Crippen molar-refractivity contribution in [3.8, 4) is 0 Å². The summed E-state index contributed by atoms with van der Waals surface area (Å²) in [5, 5.41) is 0.475. The van der Waals surface area contributed by atoms with Crippen LogP contribution in [0.1, 0.15) is 34.0 Å². The number of benzene rings is 1. The molecule has 0 aliphatic carbocycles. The topological polar surface area (TPSA) is 84.5 Å². The lowest BCUT2D eigenvalue weighted by molar-refractivity contribution is 0.0596. The molecule has 1 fully saturated rings. The number of hydrogen-bond donors (Lipinski definition) is 1. The lowest BCUT2D eigenvalue weighted by Crippen LogP contribution is -2.49. The third-order valence-electron chi connectivity index (χ3n) is 6.12. The molecule has 8 heteroatoms. The first-order chi connectivity index (χ1) is 14.4. The molecular formula is C22H25N5O2S. The number of fused-ring (bicyclic) bond motifs is 5. The summed E-state index contributed by atoms with van der Waals surface area (Å²) in [7, 11) is 3.94. The first-order valence-electron chi connectivity index (χ1n) is 10.2. The summed E-state index contributed by atoms with van der Waals surface area (Å²) in [6.07, 6.45) is 1.02. The van der Waals surface area contributed by atoms with E-state index in [0.717, 1.165) is 27.9 Å². The van der Waals surface area contributed by atoms with Gasteiger partial charge in [-0.2, -0.15) is 0 Å². The molecule has 2 aliphatic rings. The average Bonchev–Trinajstić information content (AvgIpc) is 3.09. The Morgan fingerprint density at radius 3 is 2.87 bits per heavy atom. The van der Waals surface area contributed by atoms with Crippen LogP contribution in [0, 0.1) is 5.92 Å². The molecule has 2 aliphatic heterocycles. The number of carbonyl (C=O) groups excluding carboxylic acids is 1. The molecule has 30 heavy (non-hydrogen) atoms. The van der Waals surface area contributed by atoms with E-state index >= 15 is 0 Å². The van der Waals surface area contributed by atoms with Gasteiger partial charge in [-0.05, 0) is 44.6 Å². The Balaban J connectivity index is 1.45. The number of anilines is 1. The van der Waals surface area contributed by atoms with Crippen LogP contribution in [0.2, 0.25) is 0 Å². The molecule has 2 bridgehead atoms. The van der Waals surface area contributed by atoms with Crippen molar-refractivity contribution in [3.63, 3.8) is 0 Å². The molecule has 7 nitrogen and oxygen atoms in total. The predicted octanol–water partition coefficient (Wildman–Crippen LogP) is 2.36. The van der Waals surface area contributed by atoms with Crippen molar-refractivity contribution in [2.24, 2.45) is 5.92 Å². The highest BCUT2D eigenvalue weighted by atomic mass is 32.1. The van der Waals surface area contributed by atoms with Gasteiger partial charge in [0.25, 0.3) is 11.5 Å². The predicted molar refractivity (Wildman–Crippen MR) is 119 cm³/mol. The van der Waals surface area contributed by atoms with E-state index in [0.29, 0.717) is 42.8 Å². The maximum Gasteiger partial charge on any atom is 0.255 e. The summed E-state index contributed by atoms with van der Waals surface area (Å²) in [5.74, 6) is 0.505. The summed E-state index contributed by atoms with van der Waals surface area (Å²) in [5.41, 5.74) is 9.29. The number of hydrogen-bond acceptors (Lipinski definition) is 6. The normalized spacial score (nSPS) is 20.6. The van der Waals surface area contributed by atoms with Crippen molar-refractivity contribution < 1.29 is 4.79 Å². The second kappa shape index (κ2) is 7.21. The van der Waals surface area contributed by atoms with Crippen molar-refractivity contribution in [2.45, 2.75) is 25.4 Å². The van der Waals surface area contributed by atoms with Crippen molar-refractivity contribution in [3.05, 3.63) is 57.5 Å². The summed E-state index contributed by atoms with van der Waals surface area (Å²) >= 11 is 1.36. The van der Waals surface area contributed by atoms with Gasteiger partial charge in [0.1, 0.15) is 0 Å². The highest BCUT2D eigenvalue weighted by molar-refractivity contribution is 7.22. The van der Waals surface area contributed by atoms with Gasteiger partial charge in [0.2, 0.25) is 0 Å². The maximum absolute atomic E-state index is 13.4. The van der Waals surface area contributed by atoms with E-state index in [1.807, 2.05) is 52.7 Å². The summed E-state index contributed by atoms with van der Waals surface area (Å²) in [6.45, 7) is 2.62. The number of carbonyl (C=O) groups is 1.